The number of rotatable bonds is 13. The second kappa shape index (κ2) is 15.0. The number of nitrogens with zero attached hydrogens (tertiary/aromatic N) is 3. The van der Waals surface area contributed by atoms with Crippen molar-refractivity contribution in [1.29, 1.82) is 0 Å². The number of aliphatic carboxylic acids is 3. The number of carboxylic acid groups (broad SMARTS) is 3. The van der Waals surface area contributed by atoms with Crippen LogP contribution in [0.25, 0.3) is 0 Å². The Morgan fingerprint density at radius 1 is 0.886 bits per heavy atom. The van der Waals surface area contributed by atoms with Gasteiger partial charge in [-0.3, -0.25) is 24.3 Å². The van der Waals surface area contributed by atoms with Crippen LogP contribution in [0, 0.1) is 0 Å². The summed E-state index contributed by atoms with van der Waals surface area (Å²) in [4.78, 5) is 62.2. The number of carbonyl (C=O) groups is 3. The van der Waals surface area contributed by atoms with Gasteiger partial charge in [0.05, 0.1) is 23.6 Å². The summed E-state index contributed by atoms with van der Waals surface area (Å²) in [7, 11) is 0. The molecule has 1 aromatic carbocycles. The summed E-state index contributed by atoms with van der Waals surface area (Å²) in [6.07, 6.45) is 1.80. The fourth-order valence-corrected chi connectivity index (χ4v) is 4.22. The maximum atomic E-state index is 11.9. The van der Waals surface area contributed by atoms with Gasteiger partial charge in [-0.25, -0.2) is 0 Å². The van der Waals surface area contributed by atoms with Crippen molar-refractivity contribution in [3.05, 3.63) is 26.0 Å². The molecule has 1 unspecified atom stereocenters. The summed E-state index contributed by atoms with van der Waals surface area (Å²) < 4.78 is 0. The third-order valence-corrected chi connectivity index (χ3v) is 6.02. The van der Waals surface area contributed by atoms with Gasteiger partial charge in [-0.1, -0.05) is 13.3 Å². The van der Waals surface area contributed by atoms with Crippen molar-refractivity contribution in [1.82, 2.24) is 14.7 Å². The first-order valence-corrected chi connectivity index (χ1v) is 11.5. The van der Waals surface area contributed by atoms with Crippen molar-refractivity contribution in [3.8, 4) is 0 Å². The molecule has 1 atom stereocenters. The van der Waals surface area contributed by atoms with E-state index < -0.39 is 34.8 Å². The third-order valence-electron chi connectivity index (χ3n) is 6.02. The van der Waals surface area contributed by atoms with Crippen LogP contribution in [0.1, 0.15) is 31.7 Å². The zero-order valence-electron chi connectivity index (χ0n) is 20.0. The summed E-state index contributed by atoms with van der Waals surface area (Å²) in [5.74, 6) is -3.85. The summed E-state index contributed by atoms with van der Waals surface area (Å²) >= 11 is 0. The molecular weight excluding hydrogens is 518 g/mol. The van der Waals surface area contributed by atoms with E-state index in [1.54, 1.807) is 14.7 Å². The zero-order valence-corrected chi connectivity index (χ0v) is 22.4. The van der Waals surface area contributed by atoms with Gasteiger partial charge in [0.1, 0.15) is 0 Å². The number of nitrogens with one attached hydrogen (secondary N) is 1. The van der Waals surface area contributed by atoms with Gasteiger partial charge in [0.25, 0.3) is 0 Å². The van der Waals surface area contributed by atoms with E-state index in [1.807, 2.05) is 6.92 Å². The van der Waals surface area contributed by atoms with E-state index in [1.165, 1.54) is 0 Å². The predicted molar refractivity (Wildman–Crippen MR) is 122 cm³/mol. The fourth-order valence-electron chi connectivity index (χ4n) is 4.22. The zero-order chi connectivity index (χ0) is 25.3. The molecule has 0 amide bonds. The largest absolute Gasteiger partial charge is 3.00 e. The maximum Gasteiger partial charge on any atom is 3.00 e. The topological polar surface area (TPSA) is 176 Å². The minimum atomic E-state index is -1.29. The summed E-state index contributed by atoms with van der Waals surface area (Å²) in [6, 6.07) is -0.989. The second-order valence-electron chi connectivity index (χ2n) is 8.50. The van der Waals surface area contributed by atoms with Crippen molar-refractivity contribution in [3.63, 3.8) is 0 Å². The summed E-state index contributed by atoms with van der Waals surface area (Å²) in [5, 5.41) is 37.0. The van der Waals surface area contributed by atoms with Crippen LogP contribution in [0.15, 0.2) is 9.59 Å². The molecule has 0 radical (unpaired) electrons. The Kier molecular flexibility index (Phi) is 13.2. The van der Waals surface area contributed by atoms with Gasteiger partial charge >= 0.3 is 19.8 Å². The SMILES string of the molecule is CCCc1c(NCCCC(C(=O)[O-])N2CCN(CC(=O)[O-])CCN(CC(=O)[O-])CC2)c(=O)c1=O.[Ga+3]. The first-order valence-electron chi connectivity index (χ1n) is 11.5. The molecule has 1 saturated heterocycles. The Hall–Kier alpha value is -2.19. The van der Waals surface area contributed by atoms with E-state index in [9.17, 15) is 39.3 Å². The molecular formula is C22H31GaN4O8. The third kappa shape index (κ3) is 9.41. The normalized spacial score (nSPS) is 17.1. The van der Waals surface area contributed by atoms with Crippen LogP contribution in [0.4, 0.5) is 5.69 Å². The Balaban J connectivity index is 0.00000612. The van der Waals surface area contributed by atoms with Gasteiger partial charge in [-0.2, -0.15) is 0 Å². The van der Waals surface area contributed by atoms with Gasteiger partial charge < -0.3 is 35.0 Å². The van der Waals surface area contributed by atoms with Crippen LogP contribution in [0.2, 0.25) is 0 Å². The standard InChI is InChI=1S/C22H34N4O8.Ga/c1-2-4-15-19(21(32)20(15)31)23-6-3-5-16(22(33)34)26-11-9-24(13-17(27)28)7-8-25(10-12-26)14-18(29)30;/h16,23H,2-14H2,1H3,(H,27,28)(H,29,30)(H,33,34);/q;+3/p-3. The molecule has 13 heteroatoms. The Labute approximate surface area is 216 Å². The van der Waals surface area contributed by atoms with Crippen LogP contribution < -0.4 is 31.5 Å². The number of hydrogen-bond donors (Lipinski definition) is 1. The maximum absolute atomic E-state index is 11.9. The molecule has 1 N–H and O–H groups in total. The van der Waals surface area contributed by atoms with E-state index in [0.717, 1.165) is 6.42 Å². The summed E-state index contributed by atoms with van der Waals surface area (Å²) in [6.45, 7) is 3.09. The molecule has 0 bridgehead atoms. The number of hydrogen-bond acceptors (Lipinski definition) is 12. The van der Waals surface area contributed by atoms with Crippen LogP contribution >= 0.6 is 0 Å². The monoisotopic (exact) mass is 548 g/mol. The molecule has 0 spiro atoms. The van der Waals surface area contributed by atoms with E-state index in [0.29, 0.717) is 30.6 Å². The molecule has 190 valence electrons. The van der Waals surface area contributed by atoms with E-state index in [4.69, 9.17) is 0 Å². The number of carboxylic acids is 3. The van der Waals surface area contributed by atoms with Crippen molar-refractivity contribution >= 4 is 43.4 Å². The number of anilines is 1. The van der Waals surface area contributed by atoms with Crippen LogP contribution in [-0.4, -0.2) is 117 Å². The van der Waals surface area contributed by atoms with Crippen LogP contribution in [-0.2, 0) is 20.8 Å². The van der Waals surface area contributed by atoms with E-state index >= 15 is 0 Å². The van der Waals surface area contributed by atoms with Crippen LogP contribution in [0.5, 0.6) is 0 Å². The van der Waals surface area contributed by atoms with Crippen LogP contribution in [0.3, 0.4) is 0 Å². The van der Waals surface area contributed by atoms with E-state index in [2.05, 4.69) is 5.32 Å². The molecule has 2 rings (SSSR count). The molecule has 12 nitrogen and oxygen atoms in total. The van der Waals surface area contributed by atoms with Gasteiger partial charge in [0.2, 0.25) is 10.9 Å². The Morgan fingerprint density at radius 2 is 1.40 bits per heavy atom. The van der Waals surface area contributed by atoms with Crippen molar-refractivity contribution in [2.24, 2.45) is 0 Å². The van der Waals surface area contributed by atoms with Crippen molar-refractivity contribution in [2.75, 3.05) is 64.2 Å². The molecule has 1 heterocycles. The average Bonchev–Trinajstić information content (AvgIpc) is 2.85. The minimum Gasteiger partial charge on any atom is -0.549 e. The fraction of sp³-hybridized carbons (Fsp3) is 0.682. The van der Waals surface area contributed by atoms with Crippen molar-refractivity contribution < 1.29 is 29.7 Å². The first-order chi connectivity index (χ1) is 16.1. The molecule has 1 aromatic rings. The average molecular weight is 549 g/mol. The Morgan fingerprint density at radius 3 is 1.86 bits per heavy atom. The van der Waals surface area contributed by atoms with Gasteiger partial charge in [-0.05, 0) is 19.3 Å². The molecule has 35 heavy (non-hydrogen) atoms. The molecule has 1 aliphatic rings. The van der Waals surface area contributed by atoms with Gasteiger partial charge in [-0.15, -0.1) is 0 Å². The second-order valence-corrected chi connectivity index (χ2v) is 8.50. The Bertz CT molecular complexity index is 905. The number of carbonyl (C=O) groups excluding carboxylic acids is 3. The molecule has 0 aromatic heterocycles. The quantitative estimate of drug-likeness (QED) is 0.141. The summed E-state index contributed by atoms with van der Waals surface area (Å²) in [5.41, 5.74) is -0.253. The predicted octanol–water partition coefficient (Wildman–Crippen LogP) is -5.42. The van der Waals surface area contributed by atoms with Gasteiger partial charge in [0.15, 0.2) is 0 Å². The molecule has 1 fully saturated rings. The van der Waals surface area contributed by atoms with Gasteiger partial charge in [0, 0.05) is 70.5 Å². The molecule has 0 saturated carbocycles. The van der Waals surface area contributed by atoms with Crippen molar-refractivity contribution in [2.45, 2.75) is 38.6 Å². The van der Waals surface area contributed by atoms with E-state index in [-0.39, 0.29) is 78.6 Å². The molecule has 1 aliphatic heterocycles. The molecule has 0 aliphatic carbocycles. The minimum absolute atomic E-state index is 0. The first kappa shape index (κ1) is 30.8. The smallest absolute Gasteiger partial charge is 0.549 e.